The number of hydrogen-bond acceptors (Lipinski definition) is 1. The zero-order chi connectivity index (χ0) is 12.6. The van der Waals surface area contributed by atoms with E-state index in [0.717, 1.165) is 0 Å². The molecule has 0 atom stereocenters. The van der Waals surface area contributed by atoms with Crippen LogP contribution in [0.15, 0.2) is 39.4 Å². The topological polar surface area (TPSA) is 42.2 Å². The van der Waals surface area contributed by atoms with Gasteiger partial charge in [0.15, 0.2) is 0 Å². The molecule has 0 saturated heterocycles. The molecule has 88 valence electrons. The average molecular weight is 363 g/mol. The summed E-state index contributed by atoms with van der Waals surface area (Å²) in [4.78, 5) is 11.1. The molecule has 0 amide bonds. The molecular formula is C11H6Br2FNO2. The van der Waals surface area contributed by atoms with Crippen molar-refractivity contribution in [2.45, 2.75) is 0 Å². The fourth-order valence-corrected chi connectivity index (χ4v) is 2.43. The fourth-order valence-electron chi connectivity index (χ4n) is 1.47. The summed E-state index contributed by atoms with van der Waals surface area (Å²) in [5, 5.41) is 9.05. The first-order valence-corrected chi connectivity index (χ1v) is 6.14. The van der Waals surface area contributed by atoms with Crippen molar-refractivity contribution in [3.05, 3.63) is 50.9 Å². The molecule has 0 spiro atoms. The monoisotopic (exact) mass is 361 g/mol. The maximum Gasteiger partial charge on any atom is 0.352 e. The molecule has 0 unspecified atom stereocenters. The third-order valence-electron chi connectivity index (χ3n) is 2.17. The summed E-state index contributed by atoms with van der Waals surface area (Å²) in [6.45, 7) is 0. The maximum absolute atomic E-state index is 13.0. The highest BCUT2D eigenvalue weighted by atomic mass is 79.9. The first kappa shape index (κ1) is 12.3. The minimum atomic E-state index is -1.05. The highest BCUT2D eigenvalue weighted by molar-refractivity contribution is 9.10. The van der Waals surface area contributed by atoms with Crippen molar-refractivity contribution in [3.63, 3.8) is 0 Å². The van der Waals surface area contributed by atoms with Gasteiger partial charge in [-0.3, -0.25) is 0 Å². The molecule has 0 saturated carbocycles. The van der Waals surface area contributed by atoms with Crippen LogP contribution in [-0.4, -0.2) is 15.6 Å². The van der Waals surface area contributed by atoms with Gasteiger partial charge in [0.1, 0.15) is 11.5 Å². The molecule has 2 aromatic rings. The quantitative estimate of drug-likeness (QED) is 0.881. The highest BCUT2D eigenvalue weighted by Gasteiger charge is 2.14. The lowest BCUT2D eigenvalue weighted by Crippen LogP contribution is -2.06. The van der Waals surface area contributed by atoms with Crippen LogP contribution >= 0.6 is 31.9 Å². The SMILES string of the molecule is O=C(O)c1cc(Br)cn1-c1ccc(F)cc1Br. The predicted molar refractivity (Wildman–Crippen MR) is 68.1 cm³/mol. The number of nitrogens with zero attached hydrogens (tertiary/aromatic N) is 1. The van der Waals surface area contributed by atoms with Crippen molar-refractivity contribution in [2.75, 3.05) is 0 Å². The first-order chi connectivity index (χ1) is 7.99. The van der Waals surface area contributed by atoms with Gasteiger partial charge in [-0.25, -0.2) is 9.18 Å². The van der Waals surface area contributed by atoms with Crippen LogP contribution in [0.25, 0.3) is 5.69 Å². The molecule has 0 bridgehead atoms. The van der Waals surface area contributed by atoms with Crippen LogP contribution in [0.4, 0.5) is 4.39 Å². The summed E-state index contributed by atoms with van der Waals surface area (Å²) in [6, 6.07) is 5.56. The van der Waals surface area contributed by atoms with Gasteiger partial charge in [-0.05, 0) is 56.1 Å². The van der Waals surface area contributed by atoms with Gasteiger partial charge in [0, 0.05) is 15.1 Å². The summed E-state index contributed by atoms with van der Waals surface area (Å²) >= 11 is 6.42. The summed E-state index contributed by atoms with van der Waals surface area (Å²) < 4.78 is 15.6. The van der Waals surface area contributed by atoms with E-state index in [2.05, 4.69) is 31.9 Å². The molecule has 0 radical (unpaired) electrons. The molecule has 2 rings (SSSR count). The molecule has 0 aliphatic rings. The summed E-state index contributed by atoms with van der Waals surface area (Å²) in [5.74, 6) is -1.43. The van der Waals surface area contributed by atoms with Crippen LogP contribution in [0.2, 0.25) is 0 Å². The Morgan fingerprint density at radius 2 is 2.00 bits per heavy atom. The Balaban J connectivity index is 2.63. The van der Waals surface area contributed by atoms with Gasteiger partial charge >= 0.3 is 5.97 Å². The van der Waals surface area contributed by atoms with E-state index >= 15 is 0 Å². The minimum absolute atomic E-state index is 0.101. The molecular weight excluding hydrogens is 357 g/mol. The number of aromatic nitrogens is 1. The van der Waals surface area contributed by atoms with Crippen molar-refractivity contribution in [1.82, 2.24) is 4.57 Å². The number of carboxylic acids is 1. The minimum Gasteiger partial charge on any atom is -0.477 e. The highest BCUT2D eigenvalue weighted by Crippen LogP contribution is 2.26. The lowest BCUT2D eigenvalue weighted by Gasteiger charge is -2.08. The predicted octanol–water partition coefficient (Wildman–Crippen LogP) is 3.84. The maximum atomic E-state index is 13.0. The Morgan fingerprint density at radius 3 is 2.59 bits per heavy atom. The lowest BCUT2D eigenvalue weighted by atomic mass is 10.3. The van der Waals surface area contributed by atoms with Gasteiger partial charge in [-0.15, -0.1) is 0 Å². The van der Waals surface area contributed by atoms with E-state index in [1.165, 1.54) is 28.8 Å². The number of rotatable bonds is 2. The smallest absolute Gasteiger partial charge is 0.352 e. The normalized spacial score (nSPS) is 10.5. The Hall–Kier alpha value is -1.14. The van der Waals surface area contributed by atoms with Crippen molar-refractivity contribution < 1.29 is 14.3 Å². The van der Waals surface area contributed by atoms with Crippen molar-refractivity contribution in [1.29, 1.82) is 0 Å². The Kier molecular flexibility index (Phi) is 3.35. The molecule has 6 heteroatoms. The second-order valence-electron chi connectivity index (χ2n) is 3.31. The number of aromatic carboxylic acids is 1. The zero-order valence-corrected chi connectivity index (χ0v) is 11.5. The van der Waals surface area contributed by atoms with Crippen molar-refractivity contribution in [3.8, 4) is 5.69 Å². The average Bonchev–Trinajstić information content (AvgIpc) is 2.60. The lowest BCUT2D eigenvalue weighted by molar-refractivity contribution is 0.0688. The number of benzene rings is 1. The van der Waals surface area contributed by atoms with Crippen molar-refractivity contribution in [2.24, 2.45) is 0 Å². The molecule has 3 nitrogen and oxygen atoms in total. The van der Waals surface area contributed by atoms with E-state index in [4.69, 9.17) is 5.11 Å². The number of carboxylic acid groups (broad SMARTS) is 1. The number of hydrogen-bond donors (Lipinski definition) is 1. The standard InChI is InChI=1S/C11H6Br2FNO2/c12-6-3-10(11(16)17)15(5-6)9-2-1-7(14)4-8(9)13/h1-5H,(H,16,17). The van der Waals surface area contributed by atoms with Crippen LogP contribution in [0.3, 0.4) is 0 Å². The Labute approximate surface area is 113 Å². The van der Waals surface area contributed by atoms with Crippen LogP contribution in [0, 0.1) is 5.82 Å². The van der Waals surface area contributed by atoms with Crippen LogP contribution in [0.5, 0.6) is 0 Å². The van der Waals surface area contributed by atoms with Gasteiger partial charge in [0.05, 0.1) is 5.69 Å². The van der Waals surface area contributed by atoms with Gasteiger partial charge in [-0.1, -0.05) is 0 Å². The Morgan fingerprint density at radius 1 is 1.29 bits per heavy atom. The van der Waals surface area contributed by atoms with Crippen LogP contribution < -0.4 is 0 Å². The number of halogens is 3. The van der Waals surface area contributed by atoms with E-state index in [1.807, 2.05) is 0 Å². The summed E-state index contributed by atoms with van der Waals surface area (Å²) in [5.41, 5.74) is 0.665. The van der Waals surface area contributed by atoms with Gasteiger partial charge in [-0.2, -0.15) is 0 Å². The molecule has 1 aromatic heterocycles. The van der Waals surface area contributed by atoms with Gasteiger partial charge < -0.3 is 9.67 Å². The second-order valence-corrected chi connectivity index (χ2v) is 5.08. The molecule has 17 heavy (non-hydrogen) atoms. The van der Waals surface area contributed by atoms with Crippen LogP contribution in [0.1, 0.15) is 10.5 Å². The molecule has 1 heterocycles. The molecule has 0 fully saturated rings. The molecule has 1 aromatic carbocycles. The molecule has 1 N–H and O–H groups in total. The number of carbonyl (C=O) groups is 1. The van der Waals surface area contributed by atoms with Crippen molar-refractivity contribution >= 4 is 37.8 Å². The zero-order valence-electron chi connectivity index (χ0n) is 8.32. The van der Waals surface area contributed by atoms with Crippen LogP contribution in [-0.2, 0) is 0 Å². The van der Waals surface area contributed by atoms with E-state index in [0.29, 0.717) is 14.6 Å². The van der Waals surface area contributed by atoms with E-state index < -0.39 is 5.97 Å². The molecule has 0 aliphatic heterocycles. The third kappa shape index (κ3) is 2.42. The summed E-state index contributed by atoms with van der Waals surface area (Å²) in [6.07, 6.45) is 1.61. The second kappa shape index (κ2) is 4.62. The third-order valence-corrected chi connectivity index (χ3v) is 3.24. The largest absolute Gasteiger partial charge is 0.477 e. The first-order valence-electron chi connectivity index (χ1n) is 4.55. The van der Waals surface area contributed by atoms with E-state index in [-0.39, 0.29) is 11.5 Å². The molecule has 0 aliphatic carbocycles. The fraction of sp³-hybridized carbons (Fsp3) is 0. The van der Waals surface area contributed by atoms with E-state index in [1.54, 1.807) is 6.20 Å². The van der Waals surface area contributed by atoms with Gasteiger partial charge in [0.2, 0.25) is 0 Å². The van der Waals surface area contributed by atoms with Gasteiger partial charge in [0.25, 0.3) is 0 Å². The Bertz CT molecular complexity index is 595. The van der Waals surface area contributed by atoms with E-state index in [9.17, 15) is 9.18 Å². The summed E-state index contributed by atoms with van der Waals surface area (Å²) in [7, 11) is 0.